The van der Waals surface area contributed by atoms with Gasteiger partial charge in [-0.3, -0.25) is 4.68 Å². The number of nitrogens with zero attached hydrogens (tertiary/aromatic N) is 2. The fourth-order valence-corrected chi connectivity index (χ4v) is 1.50. The molecule has 0 aliphatic heterocycles. The van der Waals surface area contributed by atoms with Crippen molar-refractivity contribution in [3.05, 3.63) is 12.4 Å². The SMILES string of the molecule is COCCCNC(=S)Nc1cnn(C(C)C)c1. The molecule has 0 radical (unpaired) electrons. The van der Waals surface area contributed by atoms with E-state index in [1.807, 2.05) is 10.9 Å². The number of hydrogen-bond acceptors (Lipinski definition) is 3. The average molecular weight is 256 g/mol. The van der Waals surface area contributed by atoms with E-state index in [1.54, 1.807) is 13.3 Å². The summed E-state index contributed by atoms with van der Waals surface area (Å²) in [7, 11) is 1.69. The van der Waals surface area contributed by atoms with Crippen LogP contribution in [0.15, 0.2) is 12.4 Å². The molecule has 6 heteroatoms. The van der Waals surface area contributed by atoms with Crippen molar-refractivity contribution in [1.29, 1.82) is 0 Å². The molecule has 0 spiro atoms. The molecule has 0 fully saturated rings. The van der Waals surface area contributed by atoms with Crippen LogP contribution in [0.25, 0.3) is 0 Å². The number of anilines is 1. The van der Waals surface area contributed by atoms with Gasteiger partial charge >= 0.3 is 0 Å². The van der Waals surface area contributed by atoms with E-state index in [2.05, 4.69) is 29.6 Å². The summed E-state index contributed by atoms with van der Waals surface area (Å²) in [5.74, 6) is 0. The lowest BCUT2D eigenvalue weighted by molar-refractivity contribution is 0.196. The van der Waals surface area contributed by atoms with Crippen molar-refractivity contribution in [2.75, 3.05) is 25.6 Å². The zero-order valence-corrected chi connectivity index (χ0v) is 11.4. The second-order valence-corrected chi connectivity index (χ2v) is 4.44. The van der Waals surface area contributed by atoms with Gasteiger partial charge in [0, 0.05) is 32.5 Å². The number of rotatable bonds is 6. The summed E-state index contributed by atoms with van der Waals surface area (Å²) >= 11 is 5.16. The summed E-state index contributed by atoms with van der Waals surface area (Å²) in [6.07, 6.45) is 4.64. The van der Waals surface area contributed by atoms with E-state index in [9.17, 15) is 0 Å². The fourth-order valence-electron chi connectivity index (χ4n) is 1.28. The predicted octanol–water partition coefficient (Wildman–Crippen LogP) is 1.79. The molecular weight excluding hydrogens is 236 g/mol. The third-order valence-electron chi connectivity index (χ3n) is 2.20. The minimum absolute atomic E-state index is 0.355. The summed E-state index contributed by atoms with van der Waals surface area (Å²) < 4.78 is 6.84. The molecule has 1 heterocycles. The van der Waals surface area contributed by atoms with Gasteiger partial charge in [-0.1, -0.05) is 0 Å². The van der Waals surface area contributed by atoms with E-state index in [0.717, 1.165) is 25.3 Å². The van der Waals surface area contributed by atoms with E-state index >= 15 is 0 Å². The van der Waals surface area contributed by atoms with E-state index in [4.69, 9.17) is 17.0 Å². The predicted molar refractivity (Wildman–Crippen MR) is 73.3 cm³/mol. The van der Waals surface area contributed by atoms with Gasteiger partial charge in [0.1, 0.15) is 0 Å². The number of nitrogens with one attached hydrogen (secondary N) is 2. The Labute approximate surface area is 108 Å². The summed E-state index contributed by atoms with van der Waals surface area (Å²) in [4.78, 5) is 0. The highest BCUT2D eigenvalue weighted by Crippen LogP contribution is 2.09. The second-order valence-electron chi connectivity index (χ2n) is 4.03. The molecule has 0 saturated carbocycles. The largest absolute Gasteiger partial charge is 0.385 e. The maximum Gasteiger partial charge on any atom is 0.170 e. The molecule has 0 amide bonds. The Kier molecular flexibility index (Phi) is 5.93. The number of thiocarbonyl (C=S) groups is 1. The molecule has 0 atom stereocenters. The Balaban J connectivity index is 2.29. The lowest BCUT2D eigenvalue weighted by Crippen LogP contribution is -2.29. The molecule has 1 aromatic rings. The van der Waals surface area contributed by atoms with Gasteiger partial charge in [-0.25, -0.2) is 0 Å². The van der Waals surface area contributed by atoms with Crippen LogP contribution in [0.3, 0.4) is 0 Å². The first-order chi connectivity index (χ1) is 8.13. The van der Waals surface area contributed by atoms with Crippen LogP contribution >= 0.6 is 12.2 Å². The zero-order valence-electron chi connectivity index (χ0n) is 10.6. The van der Waals surface area contributed by atoms with E-state index in [-0.39, 0.29) is 0 Å². The Morgan fingerprint density at radius 1 is 1.59 bits per heavy atom. The summed E-state index contributed by atoms with van der Waals surface area (Å²) in [6.45, 7) is 5.70. The summed E-state index contributed by atoms with van der Waals surface area (Å²) in [5, 5.41) is 11.0. The monoisotopic (exact) mass is 256 g/mol. The Morgan fingerprint density at radius 3 is 2.94 bits per heavy atom. The van der Waals surface area contributed by atoms with Gasteiger partial charge in [0.15, 0.2) is 5.11 Å². The number of methoxy groups -OCH3 is 1. The van der Waals surface area contributed by atoms with Crippen molar-refractivity contribution < 1.29 is 4.74 Å². The van der Waals surface area contributed by atoms with Gasteiger partial charge in [-0.05, 0) is 32.5 Å². The molecule has 17 heavy (non-hydrogen) atoms. The molecule has 1 aromatic heterocycles. The van der Waals surface area contributed by atoms with Crippen LogP contribution in [0.5, 0.6) is 0 Å². The molecule has 2 N–H and O–H groups in total. The Hall–Kier alpha value is -1.14. The number of ether oxygens (including phenoxy) is 1. The van der Waals surface area contributed by atoms with Gasteiger partial charge in [0.2, 0.25) is 0 Å². The quantitative estimate of drug-likeness (QED) is 0.600. The third kappa shape index (κ3) is 5.14. The van der Waals surface area contributed by atoms with E-state index in [1.165, 1.54) is 0 Å². The van der Waals surface area contributed by atoms with Gasteiger partial charge in [0.05, 0.1) is 11.9 Å². The normalized spacial score (nSPS) is 10.6. The molecule has 0 unspecified atom stereocenters. The van der Waals surface area contributed by atoms with Crippen molar-refractivity contribution >= 4 is 23.0 Å². The van der Waals surface area contributed by atoms with E-state index in [0.29, 0.717) is 11.2 Å². The molecule has 0 saturated heterocycles. The third-order valence-corrected chi connectivity index (χ3v) is 2.45. The molecule has 0 aliphatic carbocycles. The molecule has 1 rings (SSSR count). The summed E-state index contributed by atoms with van der Waals surface area (Å²) in [6, 6.07) is 0.355. The van der Waals surface area contributed by atoms with Crippen molar-refractivity contribution in [2.45, 2.75) is 26.3 Å². The first-order valence-corrected chi connectivity index (χ1v) is 6.12. The molecular formula is C11H20N4OS. The van der Waals surface area contributed by atoms with E-state index < -0.39 is 0 Å². The van der Waals surface area contributed by atoms with Crippen LogP contribution in [-0.2, 0) is 4.74 Å². The zero-order chi connectivity index (χ0) is 12.7. The van der Waals surface area contributed by atoms with Gasteiger partial charge in [-0.15, -0.1) is 0 Å². The highest BCUT2D eigenvalue weighted by atomic mass is 32.1. The average Bonchev–Trinajstić information content (AvgIpc) is 2.73. The number of hydrogen-bond donors (Lipinski definition) is 2. The molecule has 0 aliphatic rings. The first kappa shape index (κ1) is 13.9. The van der Waals surface area contributed by atoms with Crippen LogP contribution in [0.4, 0.5) is 5.69 Å². The minimum Gasteiger partial charge on any atom is -0.385 e. The topological polar surface area (TPSA) is 51.1 Å². The summed E-state index contributed by atoms with van der Waals surface area (Å²) in [5.41, 5.74) is 0.906. The standard InChI is InChI=1S/C11H20N4OS/c1-9(2)15-8-10(7-13-15)14-11(17)12-5-4-6-16-3/h7-9H,4-6H2,1-3H3,(H2,12,14,17). The van der Waals surface area contributed by atoms with Crippen molar-refractivity contribution in [1.82, 2.24) is 15.1 Å². The van der Waals surface area contributed by atoms with Gasteiger partial charge in [0.25, 0.3) is 0 Å². The highest BCUT2D eigenvalue weighted by molar-refractivity contribution is 7.80. The van der Waals surface area contributed by atoms with Crippen LogP contribution < -0.4 is 10.6 Å². The minimum atomic E-state index is 0.355. The van der Waals surface area contributed by atoms with Gasteiger partial charge < -0.3 is 15.4 Å². The number of aromatic nitrogens is 2. The smallest absolute Gasteiger partial charge is 0.170 e. The molecule has 96 valence electrons. The maximum absolute atomic E-state index is 5.16. The Bertz CT molecular complexity index is 351. The lowest BCUT2D eigenvalue weighted by Gasteiger charge is -2.08. The van der Waals surface area contributed by atoms with Crippen LogP contribution in [-0.4, -0.2) is 35.2 Å². The lowest BCUT2D eigenvalue weighted by atomic mass is 10.4. The van der Waals surface area contributed by atoms with Crippen molar-refractivity contribution in [2.24, 2.45) is 0 Å². The van der Waals surface area contributed by atoms with Crippen LogP contribution in [0, 0.1) is 0 Å². The van der Waals surface area contributed by atoms with Crippen molar-refractivity contribution in [3.8, 4) is 0 Å². The molecule has 0 bridgehead atoms. The van der Waals surface area contributed by atoms with Crippen LogP contribution in [0.1, 0.15) is 26.3 Å². The maximum atomic E-state index is 5.16. The van der Waals surface area contributed by atoms with Crippen LogP contribution in [0.2, 0.25) is 0 Å². The highest BCUT2D eigenvalue weighted by Gasteiger charge is 2.02. The van der Waals surface area contributed by atoms with Crippen molar-refractivity contribution in [3.63, 3.8) is 0 Å². The molecule has 0 aromatic carbocycles. The fraction of sp³-hybridized carbons (Fsp3) is 0.636. The first-order valence-electron chi connectivity index (χ1n) is 5.71. The van der Waals surface area contributed by atoms with Gasteiger partial charge in [-0.2, -0.15) is 5.10 Å². The Morgan fingerprint density at radius 2 is 2.35 bits per heavy atom. The second kappa shape index (κ2) is 7.24. The molecule has 5 nitrogen and oxygen atoms in total.